The number of rotatable bonds is 2. The molecule has 0 saturated carbocycles. The van der Waals surface area contributed by atoms with E-state index in [4.69, 9.17) is 5.26 Å². The number of anilines is 1. The average molecular weight is 242 g/mol. The summed E-state index contributed by atoms with van der Waals surface area (Å²) in [6.45, 7) is 0. The second-order valence-corrected chi connectivity index (χ2v) is 3.84. The predicted molar refractivity (Wildman–Crippen MR) is 71.1 cm³/mol. The van der Waals surface area contributed by atoms with Crippen LogP contribution >= 0.6 is 12.6 Å². The van der Waals surface area contributed by atoms with Gasteiger partial charge in [-0.25, -0.2) is 0 Å². The van der Waals surface area contributed by atoms with Gasteiger partial charge < -0.3 is 5.32 Å². The molecule has 84 valence electrons. The molecule has 0 aliphatic rings. The minimum atomic E-state index is -0.164. The molecule has 2 rings (SSSR count). The SMILES string of the molecule is N#Cc1ccc(NC(=O)CS)c2ccccc12. The summed E-state index contributed by atoms with van der Waals surface area (Å²) in [5.74, 6) is -0.0304. The quantitative estimate of drug-likeness (QED) is 0.795. The van der Waals surface area contributed by atoms with Gasteiger partial charge in [0.2, 0.25) is 5.91 Å². The molecule has 0 fully saturated rings. The lowest BCUT2D eigenvalue weighted by molar-refractivity contribution is -0.113. The summed E-state index contributed by atoms with van der Waals surface area (Å²) in [6, 6.07) is 13.1. The maximum absolute atomic E-state index is 11.3. The van der Waals surface area contributed by atoms with Crippen LogP contribution in [0.15, 0.2) is 36.4 Å². The molecule has 0 atom stereocenters. The summed E-state index contributed by atoms with van der Waals surface area (Å²) in [5, 5.41) is 13.5. The molecule has 3 nitrogen and oxygen atoms in total. The predicted octanol–water partition coefficient (Wildman–Crippen LogP) is 2.58. The molecule has 0 aliphatic heterocycles. The van der Waals surface area contributed by atoms with Gasteiger partial charge in [-0.1, -0.05) is 24.3 Å². The third kappa shape index (κ3) is 2.24. The van der Waals surface area contributed by atoms with Gasteiger partial charge in [-0.15, -0.1) is 0 Å². The molecule has 0 heterocycles. The Hall–Kier alpha value is -1.99. The molecule has 0 saturated heterocycles. The maximum atomic E-state index is 11.3. The van der Waals surface area contributed by atoms with Crippen molar-refractivity contribution in [3.63, 3.8) is 0 Å². The van der Waals surface area contributed by atoms with Crippen LogP contribution in [0.25, 0.3) is 10.8 Å². The van der Waals surface area contributed by atoms with Crippen LogP contribution < -0.4 is 5.32 Å². The third-order valence-electron chi connectivity index (χ3n) is 2.46. The molecular weight excluding hydrogens is 232 g/mol. The van der Waals surface area contributed by atoms with Crippen molar-refractivity contribution in [3.05, 3.63) is 42.0 Å². The number of hydrogen-bond acceptors (Lipinski definition) is 3. The van der Waals surface area contributed by atoms with Gasteiger partial charge in [0.1, 0.15) is 0 Å². The second kappa shape index (κ2) is 4.89. The molecule has 2 aromatic rings. The van der Waals surface area contributed by atoms with Gasteiger partial charge in [-0.2, -0.15) is 17.9 Å². The van der Waals surface area contributed by atoms with E-state index in [1.807, 2.05) is 24.3 Å². The van der Waals surface area contributed by atoms with E-state index in [0.717, 1.165) is 10.8 Å². The van der Waals surface area contributed by atoms with Crippen LogP contribution in [0.1, 0.15) is 5.56 Å². The number of nitrogens with one attached hydrogen (secondary N) is 1. The van der Waals surface area contributed by atoms with Crippen LogP contribution in [-0.4, -0.2) is 11.7 Å². The smallest absolute Gasteiger partial charge is 0.234 e. The van der Waals surface area contributed by atoms with Crippen molar-refractivity contribution in [3.8, 4) is 6.07 Å². The molecule has 0 aromatic heterocycles. The monoisotopic (exact) mass is 242 g/mol. The highest BCUT2D eigenvalue weighted by atomic mass is 32.1. The van der Waals surface area contributed by atoms with Crippen LogP contribution in [0, 0.1) is 11.3 Å². The summed E-state index contributed by atoms with van der Waals surface area (Å²) in [5.41, 5.74) is 1.31. The molecule has 1 N–H and O–H groups in total. The lowest BCUT2D eigenvalue weighted by Gasteiger charge is -2.08. The van der Waals surface area contributed by atoms with Crippen LogP contribution in [0.3, 0.4) is 0 Å². The number of fused-ring (bicyclic) bond motifs is 1. The zero-order valence-electron chi connectivity index (χ0n) is 8.97. The van der Waals surface area contributed by atoms with E-state index < -0.39 is 0 Å². The Morgan fingerprint density at radius 2 is 1.94 bits per heavy atom. The van der Waals surface area contributed by atoms with E-state index >= 15 is 0 Å². The van der Waals surface area contributed by atoms with Gasteiger partial charge in [-0.3, -0.25) is 4.79 Å². The molecule has 0 spiro atoms. The molecule has 2 aromatic carbocycles. The Balaban J connectivity index is 2.59. The zero-order valence-corrected chi connectivity index (χ0v) is 9.87. The van der Waals surface area contributed by atoms with Crippen LogP contribution in [0.4, 0.5) is 5.69 Å². The number of carbonyl (C=O) groups is 1. The normalized spacial score (nSPS) is 9.88. The first-order valence-corrected chi connectivity index (χ1v) is 5.72. The van der Waals surface area contributed by atoms with Crippen LogP contribution in [0.2, 0.25) is 0 Å². The fourth-order valence-corrected chi connectivity index (χ4v) is 1.77. The number of nitrogens with zero attached hydrogens (tertiary/aromatic N) is 1. The number of thiol groups is 1. The number of amides is 1. The molecule has 0 aliphatic carbocycles. The van der Waals surface area contributed by atoms with Crippen molar-refractivity contribution in [2.75, 3.05) is 11.1 Å². The fraction of sp³-hybridized carbons (Fsp3) is 0.0769. The standard InChI is InChI=1S/C13H10N2OS/c14-7-9-5-6-12(15-13(16)8-17)11-4-2-1-3-10(9)11/h1-6,17H,8H2,(H,15,16). The van der Waals surface area contributed by atoms with Gasteiger partial charge in [0.25, 0.3) is 0 Å². The highest BCUT2D eigenvalue weighted by molar-refractivity contribution is 7.81. The number of benzene rings is 2. The van der Waals surface area contributed by atoms with Crippen LogP contribution in [0.5, 0.6) is 0 Å². The highest BCUT2D eigenvalue weighted by Crippen LogP contribution is 2.26. The van der Waals surface area contributed by atoms with Gasteiger partial charge in [0, 0.05) is 16.5 Å². The summed E-state index contributed by atoms with van der Waals surface area (Å²) in [4.78, 5) is 11.3. The van der Waals surface area contributed by atoms with Crippen molar-refractivity contribution in [1.82, 2.24) is 0 Å². The minimum absolute atomic E-state index is 0.133. The first-order chi connectivity index (χ1) is 8.26. The Morgan fingerprint density at radius 3 is 2.59 bits per heavy atom. The molecule has 0 bridgehead atoms. The topological polar surface area (TPSA) is 52.9 Å². The molecular formula is C13H10N2OS. The Labute approximate surface area is 104 Å². The van der Waals surface area contributed by atoms with Gasteiger partial charge in [0.15, 0.2) is 0 Å². The largest absolute Gasteiger partial charge is 0.325 e. The average Bonchev–Trinajstić information content (AvgIpc) is 2.39. The summed E-state index contributed by atoms with van der Waals surface area (Å²) < 4.78 is 0. The van der Waals surface area contributed by atoms with Gasteiger partial charge in [0.05, 0.1) is 17.4 Å². The van der Waals surface area contributed by atoms with E-state index in [1.165, 1.54) is 0 Å². The maximum Gasteiger partial charge on any atom is 0.234 e. The molecule has 1 amide bonds. The fourth-order valence-electron chi connectivity index (χ4n) is 1.70. The van der Waals surface area contributed by atoms with E-state index in [9.17, 15) is 4.79 Å². The Bertz CT molecular complexity index is 616. The second-order valence-electron chi connectivity index (χ2n) is 3.52. The number of carbonyl (C=O) groups excluding carboxylic acids is 1. The van der Waals surface area contributed by atoms with E-state index in [2.05, 4.69) is 24.0 Å². The summed E-state index contributed by atoms with van der Waals surface area (Å²) in [7, 11) is 0. The summed E-state index contributed by atoms with van der Waals surface area (Å²) in [6.07, 6.45) is 0. The number of hydrogen-bond donors (Lipinski definition) is 2. The highest BCUT2D eigenvalue weighted by Gasteiger charge is 2.07. The van der Waals surface area contributed by atoms with Crippen molar-refractivity contribution in [1.29, 1.82) is 5.26 Å². The van der Waals surface area contributed by atoms with Crippen molar-refractivity contribution >= 4 is 35.0 Å². The van der Waals surface area contributed by atoms with E-state index in [-0.39, 0.29) is 11.7 Å². The Kier molecular flexibility index (Phi) is 3.31. The Morgan fingerprint density at radius 1 is 1.24 bits per heavy atom. The third-order valence-corrected chi connectivity index (χ3v) is 2.75. The lowest BCUT2D eigenvalue weighted by atomic mass is 10.0. The van der Waals surface area contributed by atoms with E-state index in [0.29, 0.717) is 11.3 Å². The van der Waals surface area contributed by atoms with Crippen molar-refractivity contribution in [2.24, 2.45) is 0 Å². The van der Waals surface area contributed by atoms with Crippen LogP contribution in [-0.2, 0) is 4.79 Å². The first kappa shape index (κ1) is 11.5. The summed E-state index contributed by atoms with van der Waals surface area (Å²) >= 11 is 3.91. The van der Waals surface area contributed by atoms with Crippen molar-refractivity contribution in [2.45, 2.75) is 0 Å². The molecule has 0 radical (unpaired) electrons. The van der Waals surface area contributed by atoms with Crippen molar-refractivity contribution < 1.29 is 4.79 Å². The van der Waals surface area contributed by atoms with Gasteiger partial charge >= 0.3 is 0 Å². The minimum Gasteiger partial charge on any atom is -0.325 e. The molecule has 17 heavy (non-hydrogen) atoms. The number of nitriles is 1. The molecule has 4 heteroatoms. The van der Waals surface area contributed by atoms with Gasteiger partial charge in [-0.05, 0) is 12.1 Å². The zero-order chi connectivity index (χ0) is 12.3. The lowest BCUT2D eigenvalue weighted by Crippen LogP contribution is -2.12. The van der Waals surface area contributed by atoms with E-state index in [1.54, 1.807) is 12.1 Å². The first-order valence-electron chi connectivity index (χ1n) is 5.09. The molecule has 0 unspecified atom stereocenters.